The Morgan fingerprint density at radius 2 is 1.84 bits per heavy atom. The van der Waals surface area contributed by atoms with E-state index >= 15 is 0 Å². The molecule has 1 amide bonds. The number of carbonyl (C=O) groups excluding carboxylic acids is 1. The minimum atomic E-state index is -0.466. The maximum atomic E-state index is 13.2. The minimum Gasteiger partial charge on any atom is -0.487 e. The van der Waals surface area contributed by atoms with Gasteiger partial charge in [-0.2, -0.15) is 10.2 Å². The lowest BCUT2D eigenvalue weighted by Crippen LogP contribution is -2.35. The summed E-state index contributed by atoms with van der Waals surface area (Å²) in [6.07, 6.45) is 6.35. The van der Waals surface area contributed by atoms with Gasteiger partial charge in [-0.1, -0.05) is 42.8 Å². The lowest BCUT2D eigenvalue weighted by atomic mass is 9.94. The molecule has 1 fully saturated rings. The van der Waals surface area contributed by atoms with Crippen LogP contribution < -0.4 is 4.74 Å². The van der Waals surface area contributed by atoms with Gasteiger partial charge >= 0.3 is 0 Å². The van der Waals surface area contributed by atoms with Gasteiger partial charge in [-0.3, -0.25) is 4.79 Å². The van der Waals surface area contributed by atoms with Gasteiger partial charge in [0.15, 0.2) is 0 Å². The second-order valence-corrected chi connectivity index (χ2v) is 8.29. The lowest BCUT2D eigenvalue weighted by Gasteiger charge is -2.28. The number of ether oxygens (including phenoxy) is 1. The molecule has 0 radical (unpaired) electrons. The van der Waals surface area contributed by atoms with Crippen molar-refractivity contribution in [1.82, 2.24) is 15.1 Å². The topological polar surface area (TPSA) is 75.6 Å². The smallest absolute Gasteiger partial charge is 0.258 e. The van der Waals surface area contributed by atoms with Gasteiger partial charge < -0.3 is 14.7 Å². The van der Waals surface area contributed by atoms with Crippen LogP contribution in [0, 0.1) is 0 Å². The predicted octanol–water partition coefficient (Wildman–Crippen LogP) is 3.98. The first-order valence-electron chi connectivity index (χ1n) is 10.8. The average molecular weight is 415 g/mol. The van der Waals surface area contributed by atoms with Crippen LogP contribution in [0.5, 0.6) is 5.75 Å². The van der Waals surface area contributed by atoms with Gasteiger partial charge in [0.05, 0.1) is 24.1 Å². The van der Waals surface area contributed by atoms with Crippen molar-refractivity contribution in [2.24, 2.45) is 0 Å². The highest BCUT2D eigenvalue weighted by molar-refractivity contribution is 6.01. The van der Waals surface area contributed by atoms with Crippen molar-refractivity contribution in [3.8, 4) is 16.9 Å². The van der Waals surface area contributed by atoms with E-state index in [-0.39, 0.29) is 12.0 Å². The van der Waals surface area contributed by atoms with Crippen LogP contribution in [-0.4, -0.2) is 38.3 Å². The molecule has 1 aromatic heterocycles. The zero-order valence-electron chi connectivity index (χ0n) is 17.3. The van der Waals surface area contributed by atoms with Crippen molar-refractivity contribution in [2.45, 2.75) is 51.0 Å². The van der Waals surface area contributed by atoms with Crippen LogP contribution in [-0.2, 0) is 13.1 Å². The summed E-state index contributed by atoms with van der Waals surface area (Å²) < 4.78 is 6.14. The van der Waals surface area contributed by atoms with Crippen LogP contribution in [0.25, 0.3) is 11.1 Å². The summed E-state index contributed by atoms with van der Waals surface area (Å²) in [7, 11) is 0. The molecule has 2 aromatic carbocycles. The van der Waals surface area contributed by atoms with Gasteiger partial charge in [0.1, 0.15) is 11.9 Å². The van der Waals surface area contributed by atoms with Gasteiger partial charge in [-0.25, -0.2) is 0 Å². The first kappa shape index (κ1) is 19.7. The Morgan fingerprint density at radius 3 is 2.61 bits per heavy atom. The number of aliphatic hydroxyl groups is 1. The molecule has 1 N–H and O–H groups in total. The normalized spacial score (nSPS) is 20.5. The molecule has 2 atom stereocenters. The molecular formula is C25H25N3O3. The molecule has 0 saturated heterocycles. The Labute approximate surface area is 181 Å². The van der Waals surface area contributed by atoms with E-state index in [0.29, 0.717) is 24.4 Å². The number of aromatic nitrogens is 2. The molecule has 158 valence electrons. The van der Waals surface area contributed by atoms with Gasteiger partial charge in [0, 0.05) is 18.7 Å². The average Bonchev–Trinajstić information content (AvgIpc) is 3.12. The molecule has 6 nitrogen and oxygen atoms in total. The number of nitrogens with zero attached hydrogens (tertiary/aromatic N) is 3. The number of hydrogen-bond donors (Lipinski definition) is 1. The third kappa shape index (κ3) is 4.03. The standard InChI is InChI=1S/C25H25N3O3/c29-21-5-1-2-6-22(21)31-23-7-3-4-20-16-28(25(30)24(20)23)15-17-8-10-18(11-9-17)19-12-13-26-27-14-19/h3-4,7-14,21-22,29H,1-2,5-6,15-16H2/t21-,22-/m0/s1. The Balaban J connectivity index is 1.31. The zero-order valence-corrected chi connectivity index (χ0v) is 17.3. The summed E-state index contributed by atoms with van der Waals surface area (Å²) in [6, 6.07) is 15.9. The van der Waals surface area contributed by atoms with E-state index in [4.69, 9.17) is 4.74 Å². The van der Waals surface area contributed by atoms with E-state index in [1.807, 2.05) is 53.4 Å². The molecule has 6 heteroatoms. The van der Waals surface area contributed by atoms with E-state index in [9.17, 15) is 9.90 Å². The van der Waals surface area contributed by atoms with E-state index in [1.165, 1.54) is 0 Å². The van der Waals surface area contributed by atoms with E-state index in [0.717, 1.165) is 47.9 Å². The number of amides is 1. The van der Waals surface area contributed by atoms with E-state index < -0.39 is 6.10 Å². The number of carbonyl (C=O) groups is 1. The molecule has 2 heterocycles. The number of rotatable bonds is 5. The summed E-state index contributed by atoms with van der Waals surface area (Å²) in [6.45, 7) is 1.10. The summed E-state index contributed by atoms with van der Waals surface area (Å²) in [5, 5.41) is 18.0. The molecule has 3 aromatic rings. The number of benzene rings is 2. The fourth-order valence-electron chi connectivity index (χ4n) is 4.47. The summed E-state index contributed by atoms with van der Waals surface area (Å²) in [4.78, 5) is 15.0. The van der Waals surface area contributed by atoms with E-state index in [2.05, 4.69) is 10.2 Å². The predicted molar refractivity (Wildman–Crippen MR) is 116 cm³/mol. The first-order chi connectivity index (χ1) is 15.2. The molecule has 2 aliphatic rings. The molecule has 31 heavy (non-hydrogen) atoms. The fraction of sp³-hybridized carbons (Fsp3) is 0.320. The molecule has 1 aliphatic heterocycles. The third-order valence-corrected chi connectivity index (χ3v) is 6.17. The maximum absolute atomic E-state index is 13.2. The fourth-order valence-corrected chi connectivity index (χ4v) is 4.47. The highest BCUT2D eigenvalue weighted by atomic mass is 16.5. The van der Waals surface area contributed by atoms with Crippen LogP contribution in [0.4, 0.5) is 0 Å². The minimum absolute atomic E-state index is 0.0155. The molecule has 5 rings (SSSR count). The lowest BCUT2D eigenvalue weighted by molar-refractivity contribution is 0.00636. The second-order valence-electron chi connectivity index (χ2n) is 8.29. The Hall–Kier alpha value is -3.25. The monoisotopic (exact) mass is 415 g/mol. The van der Waals surface area contributed by atoms with Crippen LogP contribution in [0.1, 0.15) is 47.2 Å². The number of fused-ring (bicyclic) bond motifs is 1. The summed E-state index contributed by atoms with van der Waals surface area (Å²) in [5.41, 5.74) is 4.76. The van der Waals surface area contributed by atoms with Crippen molar-refractivity contribution in [3.63, 3.8) is 0 Å². The van der Waals surface area contributed by atoms with Crippen molar-refractivity contribution in [3.05, 3.63) is 77.6 Å². The number of hydrogen-bond acceptors (Lipinski definition) is 5. The SMILES string of the molecule is O=C1c2c(cccc2O[C@H]2CCCC[C@@H]2O)CN1Cc1ccc(-c2ccnnc2)cc1. The molecule has 1 aliphatic carbocycles. The largest absolute Gasteiger partial charge is 0.487 e. The van der Waals surface area contributed by atoms with Crippen LogP contribution >= 0.6 is 0 Å². The first-order valence-corrected chi connectivity index (χ1v) is 10.8. The Kier molecular flexibility index (Phi) is 5.38. The zero-order chi connectivity index (χ0) is 21.2. The van der Waals surface area contributed by atoms with Crippen molar-refractivity contribution >= 4 is 5.91 Å². The van der Waals surface area contributed by atoms with Crippen molar-refractivity contribution in [2.75, 3.05) is 0 Å². The van der Waals surface area contributed by atoms with Gasteiger partial charge in [-0.15, -0.1) is 0 Å². The Bertz CT molecular complexity index is 1070. The van der Waals surface area contributed by atoms with Gasteiger partial charge in [-0.05, 0) is 48.1 Å². The molecular weight excluding hydrogens is 390 g/mol. The van der Waals surface area contributed by atoms with Crippen LogP contribution in [0.3, 0.4) is 0 Å². The van der Waals surface area contributed by atoms with Crippen molar-refractivity contribution < 1.29 is 14.6 Å². The third-order valence-electron chi connectivity index (χ3n) is 6.17. The highest BCUT2D eigenvalue weighted by Crippen LogP contribution is 2.34. The van der Waals surface area contributed by atoms with Crippen LogP contribution in [0.15, 0.2) is 60.9 Å². The molecule has 0 spiro atoms. The Morgan fingerprint density at radius 1 is 1.00 bits per heavy atom. The summed E-state index contributed by atoms with van der Waals surface area (Å²) >= 11 is 0. The highest BCUT2D eigenvalue weighted by Gasteiger charge is 2.33. The van der Waals surface area contributed by atoms with Gasteiger partial charge in [0.2, 0.25) is 0 Å². The van der Waals surface area contributed by atoms with Gasteiger partial charge in [0.25, 0.3) is 5.91 Å². The number of aliphatic hydroxyl groups excluding tert-OH is 1. The maximum Gasteiger partial charge on any atom is 0.258 e. The quantitative estimate of drug-likeness (QED) is 0.682. The molecule has 1 saturated carbocycles. The van der Waals surface area contributed by atoms with Crippen LogP contribution in [0.2, 0.25) is 0 Å². The molecule has 0 unspecified atom stereocenters. The summed E-state index contributed by atoms with van der Waals surface area (Å²) in [5.74, 6) is 0.579. The van der Waals surface area contributed by atoms with E-state index in [1.54, 1.807) is 12.4 Å². The van der Waals surface area contributed by atoms with Crippen molar-refractivity contribution in [1.29, 1.82) is 0 Å². The second kappa shape index (κ2) is 8.47. The molecule has 0 bridgehead atoms.